The number of hydrogen-bond acceptors (Lipinski definition) is 4. The Balaban J connectivity index is 2.15. The third-order valence-electron chi connectivity index (χ3n) is 4.95. The number of ketones is 1. The largest absolute Gasteiger partial charge is 0.343 e. The molecule has 2 heterocycles. The van der Waals surface area contributed by atoms with Gasteiger partial charge >= 0.3 is 0 Å². The molecule has 2 saturated heterocycles. The lowest BCUT2D eigenvalue weighted by atomic mass is 9.98. The third kappa shape index (κ3) is 3.48. The van der Waals surface area contributed by atoms with Crippen molar-refractivity contribution in [1.82, 2.24) is 15.5 Å². The average Bonchev–Trinajstić information content (AvgIpc) is 2.90. The van der Waals surface area contributed by atoms with E-state index in [1.807, 2.05) is 0 Å². The number of rotatable bonds is 4. The molecule has 0 bridgehead atoms. The molecule has 2 rings (SSSR count). The molecule has 4 atom stereocenters. The first-order chi connectivity index (χ1) is 10.5. The normalized spacial score (nSPS) is 30.2. The van der Waals surface area contributed by atoms with Gasteiger partial charge in [0.25, 0.3) is 0 Å². The lowest BCUT2D eigenvalue weighted by Crippen LogP contribution is -2.56. The van der Waals surface area contributed by atoms with Crippen molar-refractivity contribution >= 4 is 17.6 Å². The van der Waals surface area contributed by atoms with Gasteiger partial charge < -0.3 is 15.5 Å². The zero-order valence-electron chi connectivity index (χ0n) is 13.7. The third-order valence-corrected chi connectivity index (χ3v) is 4.95. The molecular weight excluding hydrogens is 282 g/mol. The van der Waals surface area contributed by atoms with Crippen molar-refractivity contribution in [3.63, 3.8) is 0 Å². The van der Waals surface area contributed by atoms with E-state index in [-0.39, 0.29) is 35.7 Å². The Hall–Kier alpha value is -1.43. The van der Waals surface area contributed by atoms with Crippen LogP contribution in [0.25, 0.3) is 0 Å². The Kier molecular flexibility index (Phi) is 5.56. The van der Waals surface area contributed by atoms with Gasteiger partial charge in [0.2, 0.25) is 11.8 Å². The second-order valence-corrected chi connectivity index (χ2v) is 6.46. The number of likely N-dealkylation sites (N-methyl/N-ethyl adjacent to an activating group) is 1. The van der Waals surface area contributed by atoms with Crippen LogP contribution in [0.3, 0.4) is 0 Å². The van der Waals surface area contributed by atoms with Gasteiger partial charge in [0.1, 0.15) is 6.04 Å². The summed E-state index contributed by atoms with van der Waals surface area (Å²) in [4.78, 5) is 38.6. The minimum absolute atomic E-state index is 0.0464. The minimum atomic E-state index is -0.508. The van der Waals surface area contributed by atoms with Crippen LogP contribution >= 0.6 is 0 Å². The summed E-state index contributed by atoms with van der Waals surface area (Å²) in [5, 5.41) is 5.73. The van der Waals surface area contributed by atoms with Gasteiger partial charge in [-0.15, -0.1) is 0 Å². The average molecular weight is 309 g/mol. The molecule has 22 heavy (non-hydrogen) atoms. The summed E-state index contributed by atoms with van der Waals surface area (Å²) in [6, 6.07) is -0.998. The Morgan fingerprint density at radius 3 is 2.50 bits per heavy atom. The number of amides is 2. The lowest BCUT2D eigenvalue weighted by molar-refractivity contribution is -0.143. The Labute approximate surface area is 132 Å². The lowest BCUT2D eigenvalue weighted by Gasteiger charge is -2.35. The van der Waals surface area contributed by atoms with Crippen LogP contribution < -0.4 is 10.6 Å². The zero-order chi connectivity index (χ0) is 16.3. The van der Waals surface area contributed by atoms with Crippen LogP contribution in [-0.2, 0) is 14.4 Å². The van der Waals surface area contributed by atoms with Crippen LogP contribution in [0.15, 0.2) is 0 Å². The SMILES string of the molecule is CN[C@@H](C)C(=O)N[C@H]1CCCC[C@H]2CC[C@@H](C(C)=O)N2C1=O. The maximum absolute atomic E-state index is 12.9. The van der Waals surface area contributed by atoms with Crippen LogP contribution in [0.5, 0.6) is 0 Å². The van der Waals surface area contributed by atoms with Crippen LogP contribution in [0.1, 0.15) is 52.4 Å². The van der Waals surface area contributed by atoms with Gasteiger partial charge in [-0.1, -0.05) is 12.8 Å². The molecule has 0 aliphatic carbocycles. The van der Waals surface area contributed by atoms with Crippen molar-refractivity contribution in [2.75, 3.05) is 7.05 Å². The highest BCUT2D eigenvalue weighted by Crippen LogP contribution is 2.31. The smallest absolute Gasteiger partial charge is 0.246 e. The van der Waals surface area contributed by atoms with E-state index in [2.05, 4.69) is 10.6 Å². The van der Waals surface area contributed by atoms with Crippen molar-refractivity contribution in [1.29, 1.82) is 0 Å². The molecule has 6 nitrogen and oxygen atoms in total. The number of Topliss-reactive ketones (excluding diaryl/α,β-unsaturated/α-hetero) is 1. The predicted molar refractivity (Wildman–Crippen MR) is 83.3 cm³/mol. The molecule has 0 aromatic carbocycles. The number of carbonyl (C=O) groups excluding carboxylic acids is 3. The fourth-order valence-electron chi connectivity index (χ4n) is 3.49. The van der Waals surface area contributed by atoms with Gasteiger partial charge in [0, 0.05) is 6.04 Å². The first-order valence-electron chi connectivity index (χ1n) is 8.26. The summed E-state index contributed by atoms with van der Waals surface area (Å²) in [5.41, 5.74) is 0. The maximum atomic E-state index is 12.9. The first-order valence-corrected chi connectivity index (χ1v) is 8.26. The fourth-order valence-corrected chi connectivity index (χ4v) is 3.49. The fraction of sp³-hybridized carbons (Fsp3) is 0.812. The second-order valence-electron chi connectivity index (χ2n) is 6.46. The van der Waals surface area contributed by atoms with Crippen molar-refractivity contribution in [2.24, 2.45) is 0 Å². The van der Waals surface area contributed by atoms with Crippen molar-refractivity contribution < 1.29 is 14.4 Å². The number of nitrogens with zero attached hydrogens (tertiary/aromatic N) is 1. The number of nitrogens with one attached hydrogen (secondary N) is 2. The topological polar surface area (TPSA) is 78.5 Å². The summed E-state index contributed by atoms with van der Waals surface area (Å²) in [7, 11) is 1.71. The van der Waals surface area contributed by atoms with Crippen LogP contribution in [0.2, 0.25) is 0 Å². The Morgan fingerprint density at radius 1 is 1.18 bits per heavy atom. The van der Waals surface area contributed by atoms with Gasteiger partial charge in [0.05, 0.1) is 12.1 Å². The van der Waals surface area contributed by atoms with Crippen LogP contribution in [-0.4, -0.2) is 53.7 Å². The number of hydrogen-bond donors (Lipinski definition) is 2. The molecule has 0 aromatic heterocycles. The van der Waals surface area contributed by atoms with Gasteiger partial charge in [-0.25, -0.2) is 0 Å². The maximum Gasteiger partial charge on any atom is 0.246 e. The monoisotopic (exact) mass is 309 g/mol. The van der Waals surface area contributed by atoms with E-state index >= 15 is 0 Å². The molecule has 124 valence electrons. The molecule has 0 radical (unpaired) electrons. The van der Waals surface area contributed by atoms with Crippen molar-refractivity contribution in [2.45, 2.75) is 76.5 Å². The molecule has 0 unspecified atom stereocenters. The molecule has 0 aromatic rings. The van der Waals surface area contributed by atoms with Gasteiger partial charge in [-0.3, -0.25) is 14.4 Å². The Bertz CT molecular complexity index is 452. The highest BCUT2D eigenvalue weighted by molar-refractivity contribution is 5.93. The Morgan fingerprint density at radius 2 is 1.86 bits per heavy atom. The number of carbonyl (C=O) groups is 3. The molecule has 2 amide bonds. The summed E-state index contributed by atoms with van der Waals surface area (Å²) >= 11 is 0. The molecule has 2 aliphatic rings. The molecular formula is C16H27N3O3. The van der Waals surface area contributed by atoms with E-state index in [9.17, 15) is 14.4 Å². The highest BCUT2D eigenvalue weighted by atomic mass is 16.2. The van der Waals surface area contributed by atoms with Gasteiger partial charge in [-0.2, -0.15) is 0 Å². The molecule has 0 saturated carbocycles. The van der Waals surface area contributed by atoms with Crippen LogP contribution in [0, 0.1) is 0 Å². The molecule has 2 aliphatic heterocycles. The molecule has 2 fully saturated rings. The zero-order valence-corrected chi connectivity index (χ0v) is 13.7. The van der Waals surface area contributed by atoms with E-state index < -0.39 is 6.04 Å². The first kappa shape index (κ1) is 16.9. The summed E-state index contributed by atoms with van der Waals surface area (Å²) in [6.45, 7) is 3.32. The van der Waals surface area contributed by atoms with E-state index in [1.165, 1.54) is 0 Å². The van der Waals surface area contributed by atoms with E-state index in [0.717, 1.165) is 32.1 Å². The van der Waals surface area contributed by atoms with E-state index in [4.69, 9.17) is 0 Å². The summed E-state index contributed by atoms with van der Waals surface area (Å²) in [5.74, 6) is -0.208. The van der Waals surface area contributed by atoms with Crippen molar-refractivity contribution in [3.05, 3.63) is 0 Å². The highest BCUT2D eigenvalue weighted by Gasteiger charge is 2.42. The number of fused-ring (bicyclic) bond motifs is 1. The summed E-state index contributed by atoms with van der Waals surface area (Å²) in [6.07, 6.45) is 5.22. The van der Waals surface area contributed by atoms with Crippen LogP contribution in [0.4, 0.5) is 0 Å². The van der Waals surface area contributed by atoms with E-state index in [0.29, 0.717) is 6.42 Å². The standard InChI is InChI=1S/C16H27N3O3/c1-10(17-3)15(21)18-13-7-5-4-6-12-8-9-14(11(2)20)19(12)16(13)22/h10,12-14,17H,4-9H2,1-3H3,(H,18,21)/t10-,12-,13-,14-/m0/s1. The minimum Gasteiger partial charge on any atom is -0.343 e. The van der Waals surface area contributed by atoms with E-state index in [1.54, 1.807) is 25.8 Å². The quantitative estimate of drug-likeness (QED) is 0.797. The molecule has 6 heteroatoms. The van der Waals surface area contributed by atoms with Crippen molar-refractivity contribution in [3.8, 4) is 0 Å². The second kappa shape index (κ2) is 7.22. The summed E-state index contributed by atoms with van der Waals surface area (Å²) < 4.78 is 0. The predicted octanol–water partition coefficient (Wildman–Crippen LogP) is 0.602. The molecule has 0 spiro atoms. The molecule has 2 N–H and O–H groups in total. The van der Waals surface area contributed by atoms with Gasteiger partial charge in [0.15, 0.2) is 5.78 Å². The van der Waals surface area contributed by atoms with Gasteiger partial charge in [-0.05, 0) is 46.6 Å².